The monoisotopic (exact) mass is 438 g/mol. The molecule has 9 heteroatoms. The third-order valence-corrected chi connectivity index (χ3v) is 6.59. The molecule has 0 radical (unpaired) electrons. The van der Waals surface area contributed by atoms with Gasteiger partial charge in [0.1, 0.15) is 15.8 Å². The summed E-state index contributed by atoms with van der Waals surface area (Å²) >= 11 is 1.59. The van der Waals surface area contributed by atoms with Crippen LogP contribution in [0, 0.1) is 0 Å². The minimum atomic E-state index is -0.122. The van der Waals surface area contributed by atoms with E-state index in [1.165, 1.54) is 0 Å². The van der Waals surface area contributed by atoms with E-state index in [0.717, 1.165) is 40.7 Å². The lowest BCUT2D eigenvalue weighted by atomic mass is 9.99. The number of amides is 2. The van der Waals surface area contributed by atoms with Crippen molar-refractivity contribution in [1.82, 2.24) is 15.1 Å². The van der Waals surface area contributed by atoms with Crippen LogP contribution in [-0.4, -0.2) is 48.1 Å². The Morgan fingerprint density at radius 1 is 1.16 bits per heavy atom. The van der Waals surface area contributed by atoms with Gasteiger partial charge in [0.2, 0.25) is 6.79 Å². The number of carbonyl (C=O) groups is 1. The molecule has 160 valence electrons. The number of likely N-dealkylation sites (tertiary alicyclic amines) is 1. The molecule has 1 fully saturated rings. The first-order valence-electron chi connectivity index (χ1n) is 10.1. The number of hydrogen-bond acceptors (Lipinski definition) is 7. The zero-order chi connectivity index (χ0) is 21.2. The van der Waals surface area contributed by atoms with Gasteiger partial charge in [0.15, 0.2) is 11.5 Å². The highest BCUT2D eigenvalue weighted by Crippen LogP contribution is 2.35. The van der Waals surface area contributed by atoms with Gasteiger partial charge in [0, 0.05) is 36.3 Å². The normalized spacial score (nSPS) is 17.5. The van der Waals surface area contributed by atoms with Gasteiger partial charge < -0.3 is 24.4 Å². The molecule has 3 aromatic rings. The molecule has 8 nitrogen and oxygen atoms in total. The maximum atomic E-state index is 12.8. The number of nitrogens with zero attached hydrogens (tertiary/aromatic N) is 3. The fourth-order valence-electron chi connectivity index (χ4n) is 3.79. The van der Waals surface area contributed by atoms with E-state index >= 15 is 0 Å². The predicted octanol–water partition coefficient (Wildman–Crippen LogP) is 4.35. The number of methoxy groups -OCH3 is 1. The number of nitrogens with one attached hydrogen (secondary N) is 1. The van der Waals surface area contributed by atoms with Gasteiger partial charge in [-0.3, -0.25) is 0 Å². The van der Waals surface area contributed by atoms with E-state index < -0.39 is 0 Å². The van der Waals surface area contributed by atoms with E-state index in [9.17, 15) is 4.79 Å². The van der Waals surface area contributed by atoms with Gasteiger partial charge in [-0.25, -0.2) is 4.79 Å². The Labute approximate surface area is 183 Å². The number of fused-ring (bicyclic) bond motifs is 1. The minimum absolute atomic E-state index is 0.122. The molecule has 0 saturated carbocycles. The molecule has 1 N–H and O–H groups in total. The average Bonchev–Trinajstić information content (AvgIpc) is 3.49. The van der Waals surface area contributed by atoms with Gasteiger partial charge in [0.25, 0.3) is 0 Å². The summed E-state index contributed by atoms with van der Waals surface area (Å²) in [7, 11) is 1.65. The summed E-state index contributed by atoms with van der Waals surface area (Å²) in [5.41, 5.74) is 1.70. The van der Waals surface area contributed by atoms with E-state index in [-0.39, 0.29) is 18.7 Å². The van der Waals surface area contributed by atoms with Crippen molar-refractivity contribution < 1.29 is 19.0 Å². The van der Waals surface area contributed by atoms with Gasteiger partial charge in [-0.1, -0.05) is 11.3 Å². The minimum Gasteiger partial charge on any atom is -0.497 e. The number of hydrogen-bond donors (Lipinski definition) is 1. The highest BCUT2D eigenvalue weighted by atomic mass is 32.1. The summed E-state index contributed by atoms with van der Waals surface area (Å²) in [4.78, 5) is 14.7. The molecule has 0 spiro atoms. The maximum absolute atomic E-state index is 12.8. The van der Waals surface area contributed by atoms with Crippen LogP contribution in [0.1, 0.15) is 23.8 Å². The second-order valence-electron chi connectivity index (χ2n) is 7.46. The van der Waals surface area contributed by atoms with E-state index in [4.69, 9.17) is 14.2 Å². The Kier molecular flexibility index (Phi) is 5.33. The molecule has 0 bridgehead atoms. The summed E-state index contributed by atoms with van der Waals surface area (Å²) in [6.07, 6.45) is 1.92. The largest absolute Gasteiger partial charge is 0.497 e. The number of anilines is 1. The number of rotatable bonds is 4. The Hall–Kier alpha value is -3.33. The quantitative estimate of drug-likeness (QED) is 0.652. The van der Waals surface area contributed by atoms with Gasteiger partial charge in [-0.05, 0) is 49.2 Å². The fourth-order valence-corrected chi connectivity index (χ4v) is 4.76. The smallest absolute Gasteiger partial charge is 0.321 e. The Morgan fingerprint density at radius 3 is 2.84 bits per heavy atom. The van der Waals surface area contributed by atoms with E-state index in [2.05, 4.69) is 15.5 Å². The SMILES string of the molecule is COc1ccc(-c2nnc(C3CCCN(C(=O)Nc4ccc5c(c4)OCO5)C3)s2)cc1. The molecule has 2 aliphatic rings. The highest BCUT2D eigenvalue weighted by molar-refractivity contribution is 7.14. The van der Waals surface area contributed by atoms with Gasteiger partial charge in [-0.15, -0.1) is 10.2 Å². The van der Waals surface area contributed by atoms with Gasteiger partial charge in [0.05, 0.1) is 7.11 Å². The lowest BCUT2D eigenvalue weighted by Gasteiger charge is -2.31. The molecular weight excluding hydrogens is 416 g/mol. The Bertz CT molecular complexity index is 1090. The third kappa shape index (κ3) is 4.13. The topological polar surface area (TPSA) is 85.8 Å². The van der Waals surface area contributed by atoms with Crippen LogP contribution in [0.25, 0.3) is 10.6 Å². The molecule has 0 aliphatic carbocycles. The molecule has 5 rings (SSSR count). The molecule has 1 atom stereocenters. The van der Waals surface area contributed by atoms with Crippen molar-refractivity contribution in [1.29, 1.82) is 0 Å². The summed E-state index contributed by atoms with van der Waals surface area (Å²) in [5, 5.41) is 13.6. The van der Waals surface area contributed by atoms with Crippen molar-refractivity contribution in [3.05, 3.63) is 47.5 Å². The number of carbonyl (C=O) groups excluding carboxylic acids is 1. The van der Waals surface area contributed by atoms with Gasteiger partial charge in [-0.2, -0.15) is 0 Å². The number of piperidine rings is 1. The van der Waals surface area contributed by atoms with Crippen LogP contribution in [0.15, 0.2) is 42.5 Å². The molecule has 1 unspecified atom stereocenters. The van der Waals surface area contributed by atoms with Crippen molar-refractivity contribution >= 4 is 23.1 Å². The highest BCUT2D eigenvalue weighted by Gasteiger charge is 2.28. The molecule has 1 aromatic heterocycles. The average molecular weight is 439 g/mol. The van der Waals surface area contributed by atoms with Crippen LogP contribution >= 0.6 is 11.3 Å². The van der Waals surface area contributed by atoms with Crippen LogP contribution in [0.2, 0.25) is 0 Å². The lowest BCUT2D eigenvalue weighted by Crippen LogP contribution is -2.41. The second-order valence-corrected chi connectivity index (χ2v) is 8.47. The van der Waals surface area contributed by atoms with Crippen molar-refractivity contribution in [3.8, 4) is 27.8 Å². The van der Waals surface area contributed by atoms with E-state index in [0.29, 0.717) is 23.7 Å². The Morgan fingerprint density at radius 2 is 2.00 bits per heavy atom. The number of urea groups is 1. The first-order valence-corrected chi connectivity index (χ1v) is 10.9. The van der Waals surface area contributed by atoms with Crippen LogP contribution in [0.5, 0.6) is 17.2 Å². The lowest BCUT2D eigenvalue weighted by molar-refractivity contribution is 0.174. The summed E-state index contributed by atoms with van der Waals surface area (Å²) in [6, 6.07) is 13.1. The zero-order valence-electron chi connectivity index (χ0n) is 17.0. The first-order chi connectivity index (χ1) is 15.2. The summed E-state index contributed by atoms with van der Waals surface area (Å²) in [6.45, 7) is 1.55. The second kappa shape index (κ2) is 8.43. The van der Waals surface area contributed by atoms with Crippen LogP contribution in [-0.2, 0) is 0 Å². The van der Waals surface area contributed by atoms with Crippen molar-refractivity contribution in [2.24, 2.45) is 0 Å². The molecule has 31 heavy (non-hydrogen) atoms. The van der Waals surface area contributed by atoms with Gasteiger partial charge >= 0.3 is 6.03 Å². The van der Waals surface area contributed by atoms with E-state index in [1.807, 2.05) is 35.2 Å². The summed E-state index contributed by atoms with van der Waals surface area (Å²) in [5.74, 6) is 2.33. The van der Waals surface area contributed by atoms with E-state index in [1.54, 1.807) is 30.6 Å². The standard InChI is InChI=1S/C22H22N4O4S/c1-28-17-7-4-14(5-8-17)20-24-25-21(31-20)15-3-2-10-26(12-15)22(27)23-16-6-9-18-19(11-16)30-13-29-18/h4-9,11,15H,2-3,10,12-13H2,1H3,(H,23,27). The van der Waals surface area contributed by atoms with Crippen LogP contribution in [0.3, 0.4) is 0 Å². The molecule has 1 saturated heterocycles. The molecule has 2 aliphatic heterocycles. The zero-order valence-corrected chi connectivity index (χ0v) is 17.9. The fraction of sp³-hybridized carbons (Fsp3) is 0.318. The number of aromatic nitrogens is 2. The summed E-state index contributed by atoms with van der Waals surface area (Å²) < 4.78 is 15.9. The molecule has 3 heterocycles. The molecule has 2 aromatic carbocycles. The maximum Gasteiger partial charge on any atom is 0.321 e. The molecule has 2 amide bonds. The third-order valence-electron chi connectivity index (χ3n) is 5.46. The van der Waals surface area contributed by atoms with Crippen molar-refractivity contribution in [2.45, 2.75) is 18.8 Å². The van der Waals surface area contributed by atoms with Crippen LogP contribution in [0.4, 0.5) is 10.5 Å². The van der Waals surface area contributed by atoms with Crippen LogP contribution < -0.4 is 19.5 Å². The Balaban J connectivity index is 1.25. The first kappa shape index (κ1) is 19.6. The number of benzene rings is 2. The molecular formula is C22H22N4O4S. The van der Waals surface area contributed by atoms with Crippen molar-refractivity contribution in [3.63, 3.8) is 0 Å². The predicted molar refractivity (Wildman–Crippen MR) is 117 cm³/mol. The number of ether oxygens (including phenoxy) is 3. The van der Waals surface area contributed by atoms with Crippen molar-refractivity contribution in [2.75, 3.05) is 32.3 Å².